The molecule has 122 valence electrons. The van der Waals surface area contributed by atoms with Crippen molar-refractivity contribution >= 4 is 11.9 Å². The quantitative estimate of drug-likeness (QED) is 0.673. The van der Waals surface area contributed by atoms with E-state index in [0.717, 1.165) is 19.5 Å². The summed E-state index contributed by atoms with van der Waals surface area (Å²) in [5.74, 6) is -0.304. The number of piperidine rings is 1. The van der Waals surface area contributed by atoms with Gasteiger partial charge in [-0.1, -0.05) is 20.8 Å². The minimum Gasteiger partial charge on any atom is -0.481 e. The minimum absolute atomic E-state index is 0.000681. The molecule has 0 aromatic carbocycles. The van der Waals surface area contributed by atoms with Crippen molar-refractivity contribution in [2.75, 3.05) is 13.1 Å². The third-order valence-corrected chi connectivity index (χ3v) is 3.82. The van der Waals surface area contributed by atoms with E-state index in [0.29, 0.717) is 18.8 Å². The van der Waals surface area contributed by atoms with Crippen LogP contribution in [0.5, 0.6) is 0 Å². The molecular weight excluding hydrogens is 268 g/mol. The molecule has 2 atom stereocenters. The summed E-state index contributed by atoms with van der Waals surface area (Å²) in [6, 6.07) is -0.278. The molecule has 1 saturated heterocycles. The van der Waals surface area contributed by atoms with E-state index < -0.39 is 5.97 Å². The van der Waals surface area contributed by atoms with Gasteiger partial charge in [-0.3, -0.25) is 9.59 Å². The first-order valence-corrected chi connectivity index (χ1v) is 7.98. The lowest BCUT2D eigenvalue weighted by Gasteiger charge is -2.26. The predicted molar refractivity (Wildman–Crippen MR) is 83.1 cm³/mol. The van der Waals surface area contributed by atoms with Gasteiger partial charge in [-0.2, -0.15) is 0 Å². The number of rotatable bonds is 7. The van der Waals surface area contributed by atoms with Gasteiger partial charge in [0.15, 0.2) is 0 Å². The molecule has 0 saturated carbocycles. The summed E-state index contributed by atoms with van der Waals surface area (Å²) in [7, 11) is 0. The van der Waals surface area contributed by atoms with E-state index in [2.05, 4.69) is 31.4 Å². The van der Waals surface area contributed by atoms with Crippen LogP contribution in [0.1, 0.15) is 59.3 Å². The topological polar surface area (TPSA) is 78.4 Å². The van der Waals surface area contributed by atoms with E-state index in [9.17, 15) is 9.59 Å². The van der Waals surface area contributed by atoms with Gasteiger partial charge in [-0.05, 0) is 50.1 Å². The monoisotopic (exact) mass is 298 g/mol. The van der Waals surface area contributed by atoms with Gasteiger partial charge < -0.3 is 15.7 Å². The first kappa shape index (κ1) is 18.0. The predicted octanol–water partition coefficient (Wildman–Crippen LogP) is 2.16. The summed E-state index contributed by atoms with van der Waals surface area (Å²) >= 11 is 0. The van der Waals surface area contributed by atoms with E-state index in [1.165, 1.54) is 12.8 Å². The van der Waals surface area contributed by atoms with E-state index >= 15 is 0 Å². The second kappa shape index (κ2) is 8.37. The maximum atomic E-state index is 12.0. The van der Waals surface area contributed by atoms with Crippen LogP contribution in [0.25, 0.3) is 0 Å². The zero-order valence-corrected chi connectivity index (χ0v) is 13.6. The van der Waals surface area contributed by atoms with E-state index in [4.69, 9.17) is 5.11 Å². The van der Waals surface area contributed by atoms with Crippen molar-refractivity contribution in [1.82, 2.24) is 10.6 Å². The van der Waals surface area contributed by atoms with Crippen LogP contribution in [-0.2, 0) is 9.59 Å². The Labute approximate surface area is 127 Å². The molecule has 5 nitrogen and oxygen atoms in total. The summed E-state index contributed by atoms with van der Waals surface area (Å²) in [5.41, 5.74) is 0.000681. The van der Waals surface area contributed by atoms with Crippen molar-refractivity contribution in [1.29, 1.82) is 0 Å². The van der Waals surface area contributed by atoms with E-state index in [-0.39, 0.29) is 23.8 Å². The molecule has 0 spiro atoms. The van der Waals surface area contributed by atoms with Gasteiger partial charge in [0.2, 0.25) is 5.91 Å². The van der Waals surface area contributed by atoms with Crippen LogP contribution >= 0.6 is 0 Å². The van der Waals surface area contributed by atoms with Crippen molar-refractivity contribution in [3.05, 3.63) is 0 Å². The Balaban J connectivity index is 2.37. The molecule has 1 rings (SSSR count). The average molecular weight is 298 g/mol. The molecule has 0 aromatic rings. The van der Waals surface area contributed by atoms with Crippen LogP contribution in [0.3, 0.4) is 0 Å². The molecule has 2 unspecified atom stereocenters. The second-order valence-electron chi connectivity index (χ2n) is 7.38. The number of hydrogen-bond donors (Lipinski definition) is 3. The van der Waals surface area contributed by atoms with Gasteiger partial charge >= 0.3 is 5.97 Å². The Hall–Kier alpha value is -1.10. The fourth-order valence-corrected chi connectivity index (χ4v) is 2.93. The standard InChI is InChI=1S/C16H30N2O3/c1-16(2,3)10-13(9-15(20)21)18-14(19)7-6-12-5-4-8-17-11-12/h12-13,17H,4-11H2,1-3H3,(H,18,19)(H,20,21). The lowest BCUT2D eigenvalue weighted by atomic mass is 9.87. The van der Waals surface area contributed by atoms with Crippen LogP contribution in [0.4, 0.5) is 0 Å². The smallest absolute Gasteiger partial charge is 0.305 e. The maximum absolute atomic E-state index is 12.0. The summed E-state index contributed by atoms with van der Waals surface area (Å²) < 4.78 is 0. The summed E-state index contributed by atoms with van der Waals surface area (Å²) in [6.45, 7) is 8.24. The van der Waals surface area contributed by atoms with Crippen molar-refractivity contribution in [3.8, 4) is 0 Å². The zero-order chi connectivity index (χ0) is 15.9. The average Bonchev–Trinajstić information content (AvgIpc) is 2.34. The van der Waals surface area contributed by atoms with Gasteiger partial charge in [0.05, 0.1) is 6.42 Å². The number of carboxylic acid groups (broad SMARTS) is 1. The Morgan fingerprint density at radius 2 is 2.10 bits per heavy atom. The fourth-order valence-electron chi connectivity index (χ4n) is 2.93. The largest absolute Gasteiger partial charge is 0.481 e. The molecule has 21 heavy (non-hydrogen) atoms. The Bertz CT molecular complexity index is 344. The third kappa shape index (κ3) is 8.71. The normalized spacial score (nSPS) is 20.8. The third-order valence-electron chi connectivity index (χ3n) is 3.82. The van der Waals surface area contributed by atoms with E-state index in [1.54, 1.807) is 0 Å². The van der Waals surface area contributed by atoms with Crippen molar-refractivity contribution in [2.45, 2.75) is 65.3 Å². The van der Waals surface area contributed by atoms with Gasteiger partial charge in [-0.25, -0.2) is 0 Å². The molecule has 1 fully saturated rings. The summed E-state index contributed by atoms with van der Waals surface area (Å²) in [4.78, 5) is 23.0. The van der Waals surface area contributed by atoms with E-state index in [1.807, 2.05) is 0 Å². The number of hydrogen-bond acceptors (Lipinski definition) is 3. The number of aliphatic carboxylic acids is 1. The van der Waals surface area contributed by atoms with Crippen LogP contribution in [-0.4, -0.2) is 36.1 Å². The highest BCUT2D eigenvalue weighted by atomic mass is 16.4. The van der Waals surface area contributed by atoms with Crippen molar-refractivity contribution < 1.29 is 14.7 Å². The summed E-state index contributed by atoms with van der Waals surface area (Å²) in [5, 5.41) is 15.2. The highest BCUT2D eigenvalue weighted by molar-refractivity contribution is 5.77. The van der Waals surface area contributed by atoms with Crippen LogP contribution in [0, 0.1) is 11.3 Å². The Kier molecular flexibility index (Phi) is 7.15. The van der Waals surface area contributed by atoms with Gasteiger partial charge in [0.25, 0.3) is 0 Å². The first-order valence-electron chi connectivity index (χ1n) is 7.98. The molecule has 1 amide bonds. The first-order chi connectivity index (χ1) is 9.76. The number of carbonyl (C=O) groups is 2. The van der Waals surface area contributed by atoms with Gasteiger partial charge in [0, 0.05) is 12.5 Å². The van der Waals surface area contributed by atoms with Gasteiger partial charge in [-0.15, -0.1) is 0 Å². The molecule has 0 aromatic heterocycles. The summed E-state index contributed by atoms with van der Waals surface area (Å²) in [6.07, 6.45) is 4.41. The Morgan fingerprint density at radius 1 is 1.38 bits per heavy atom. The van der Waals surface area contributed by atoms with Crippen LogP contribution < -0.4 is 10.6 Å². The fraction of sp³-hybridized carbons (Fsp3) is 0.875. The lowest BCUT2D eigenvalue weighted by Crippen LogP contribution is -2.39. The molecule has 1 aliphatic heterocycles. The van der Waals surface area contributed by atoms with Crippen molar-refractivity contribution in [3.63, 3.8) is 0 Å². The molecular formula is C16H30N2O3. The highest BCUT2D eigenvalue weighted by Gasteiger charge is 2.23. The SMILES string of the molecule is CC(C)(C)CC(CC(=O)O)NC(=O)CCC1CCCNC1. The maximum Gasteiger partial charge on any atom is 0.305 e. The molecule has 1 heterocycles. The lowest BCUT2D eigenvalue weighted by molar-refractivity contribution is -0.137. The number of carboxylic acids is 1. The number of amides is 1. The van der Waals surface area contributed by atoms with Gasteiger partial charge in [0.1, 0.15) is 0 Å². The van der Waals surface area contributed by atoms with Crippen LogP contribution in [0.15, 0.2) is 0 Å². The molecule has 5 heteroatoms. The Morgan fingerprint density at radius 3 is 2.62 bits per heavy atom. The van der Waals surface area contributed by atoms with Crippen LogP contribution in [0.2, 0.25) is 0 Å². The molecule has 1 aliphatic rings. The molecule has 0 bridgehead atoms. The number of nitrogens with one attached hydrogen (secondary N) is 2. The minimum atomic E-state index is -0.860. The number of carbonyl (C=O) groups excluding carboxylic acids is 1. The highest BCUT2D eigenvalue weighted by Crippen LogP contribution is 2.22. The zero-order valence-electron chi connectivity index (χ0n) is 13.6. The molecule has 3 N–H and O–H groups in total. The molecule has 0 aliphatic carbocycles. The second-order valence-corrected chi connectivity index (χ2v) is 7.38. The van der Waals surface area contributed by atoms with Crippen molar-refractivity contribution in [2.24, 2.45) is 11.3 Å². The molecule has 0 radical (unpaired) electrons.